The Morgan fingerprint density at radius 3 is 2.42 bits per heavy atom. The van der Waals surface area contributed by atoms with Gasteiger partial charge in [-0.05, 0) is 18.2 Å². The highest BCUT2D eigenvalue weighted by Crippen LogP contribution is 2.32. The molecule has 0 unspecified atom stereocenters. The number of hydrogen-bond donors (Lipinski definition) is 3. The lowest BCUT2D eigenvalue weighted by molar-refractivity contribution is 0.269. The van der Waals surface area contributed by atoms with Crippen molar-refractivity contribution in [2.75, 3.05) is 11.5 Å². The van der Waals surface area contributed by atoms with Crippen LogP contribution in [0, 0.1) is 17.5 Å². The monoisotopic (exact) mass is 336 g/mol. The van der Waals surface area contributed by atoms with E-state index >= 15 is 0 Å². The van der Waals surface area contributed by atoms with E-state index in [-0.39, 0.29) is 17.0 Å². The smallest absolute Gasteiger partial charge is 0.195 e. The normalized spacial score (nSPS) is 11.2. The molecule has 5 N–H and O–H groups in total. The molecule has 0 aliphatic heterocycles. The molecule has 1 aromatic heterocycles. The fourth-order valence-corrected chi connectivity index (χ4v) is 2.37. The average molecular weight is 336 g/mol. The molecule has 5 nitrogen and oxygen atoms in total. The quantitative estimate of drug-likeness (QED) is 0.624. The standard InChI is InChI=1S/C16H11F3N2O3/c17-8-3-6(1-2-9(8)20)11-4-10(23)12-15(21)13(18)7(5-22)14(19)16(12)24-11/h1-4,22H,5,20-21H2. The number of hydrogen-bond acceptors (Lipinski definition) is 5. The number of anilines is 2. The van der Waals surface area contributed by atoms with Crippen molar-refractivity contribution in [2.24, 2.45) is 0 Å². The number of aliphatic hydroxyl groups is 1. The molecule has 0 bridgehead atoms. The van der Waals surface area contributed by atoms with Crippen LogP contribution in [0.3, 0.4) is 0 Å². The molecule has 0 aliphatic carbocycles. The van der Waals surface area contributed by atoms with Crippen molar-refractivity contribution < 1.29 is 22.7 Å². The SMILES string of the molecule is Nc1ccc(-c2cc(=O)c3c(N)c(F)c(CO)c(F)c3o2)cc1F. The third-order valence-corrected chi connectivity index (χ3v) is 3.63. The van der Waals surface area contributed by atoms with Crippen LogP contribution in [0.1, 0.15) is 5.56 Å². The third kappa shape index (κ3) is 2.28. The molecule has 0 saturated heterocycles. The van der Waals surface area contributed by atoms with Gasteiger partial charge in [0.2, 0.25) is 0 Å². The van der Waals surface area contributed by atoms with Gasteiger partial charge in [-0.1, -0.05) is 0 Å². The van der Waals surface area contributed by atoms with E-state index in [0.29, 0.717) is 0 Å². The van der Waals surface area contributed by atoms with E-state index in [1.54, 1.807) is 0 Å². The van der Waals surface area contributed by atoms with Gasteiger partial charge in [-0.15, -0.1) is 0 Å². The molecule has 0 atom stereocenters. The lowest BCUT2D eigenvalue weighted by atomic mass is 10.1. The third-order valence-electron chi connectivity index (χ3n) is 3.63. The summed E-state index contributed by atoms with van der Waals surface area (Å²) in [6.07, 6.45) is 0. The predicted octanol–water partition coefficient (Wildman–Crippen LogP) is 2.53. The van der Waals surface area contributed by atoms with E-state index in [0.717, 1.165) is 12.1 Å². The molecule has 3 rings (SSSR count). The first-order chi connectivity index (χ1) is 11.3. The van der Waals surface area contributed by atoms with Gasteiger partial charge in [0.05, 0.1) is 28.9 Å². The minimum atomic E-state index is -1.24. The molecule has 8 heteroatoms. The van der Waals surface area contributed by atoms with Crippen molar-refractivity contribution in [2.45, 2.75) is 6.61 Å². The van der Waals surface area contributed by atoms with E-state index in [1.165, 1.54) is 12.1 Å². The Bertz CT molecular complexity index is 1030. The highest BCUT2D eigenvalue weighted by Gasteiger charge is 2.22. The van der Waals surface area contributed by atoms with Gasteiger partial charge in [0.1, 0.15) is 11.6 Å². The van der Waals surface area contributed by atoms with Crippen LogP contribution in [0.25, 0.3) is 22.3 Å². The van der Waals surface area contributed by atoms with Crippen LogP contribution in [0.4, 0.5) is 24.5 Å². The molecule has 0 amide bonds. The maximum atomic E-state index is 14.3. The predicted molar refractivity (Wildman–Crippen MR) is 82.5 cm³/mol. The van der Waals surface area contributed by atoms with Gasteiger partial charge < -0.3 is 21.0 Å². The van der Waals surface area contributed by atoms with Crippen LogP contribution in [0.5, 0.6) is 0 Å². The summed E-state index contributed by atoms with van der Waals surface area (Å²) in [5, 5.41) is 8.60. The molecular weight excluding hydrogens is 325 g/mol. The van der Waals surface area contributed by atoms with Gasteiger partial charge >= 0.3 is 0 Å². The Morgan fingerprint density at radius 1 is 1.08 bits per heavy atom. The fourth-order valence-electron chi connectivity index (χ4n) is 2.37. The first kappa shape index (κ1) is 15.9. The van der Waals surface area contributed by atoms with E-state index in [1.807, 2.05) is 0 Å². The summed E-state index contributed by atoms with van der Waals surface area (Å²) in [7, 11) is 0. The highest BCUT2D eigenvalue weighted by atomic mass is 19.1. The van der Waals surface area contributed by atoms with Crippen molar-refractivity contribution in [3.05, 3.63) is 57.5 Å². The van der Waals surface area contributed by atoms with E-state index < -0.39 is 51.7 Å². The number of nitrogen functional groups attached to an aromatic ring is 2. The van der Waals surface area contributed by atoms with Gasteiger partial charge in [0.15, 0.2) is 22.6 Å². The maximum Gasteiger partial charge on any atom is 0.195 e. The highest BCUT2D eigenvalue weighted by molar-refractivity contribution is 5.91. The molecule has 0 fully saturated rings. The Morgan fingerprint density at radius 2 is 1.79 bits per heavy atom. The molecule has 0 saturated carbocycles. The average Bonchev–Trinajstić information content (AvgIpc) is 2.55. The van der Waals surface area contributed by atoms with Gasteiger partial charge in [-0.3, -0.25) is 4.79 Å². The number of benzene rings is 2. The number of aliphatic hydroxyl groups excluding tert-OH is 1. The second-order valence-electron chi connectivity index (χ2n) is 5.09. The summed E-state index contributed by atoms with van der Waals surface area (Å²) in [5.74, 6) is -3.36. The number of fused-ring (bicyclic) bond motifs is 1. The van der Waals surface area contributed by atoms with Gasteiger partial charge in [0.25, 0.3) is 0 Å². The van der Waals surface area contributed by atoms with Crippen LogP contribution in [0.15, 0.2) is 33.5 Å². The number of halogens is 3. The van der Waals surface area contributed by atoms with Gasteiger partial charge in [0, 0.05) is 11.6 Å². The summed E-state index contributed by atoms with van der Waals surface area (Å²) < 4.78 is 47.1. The Labute approximate surface area is 132 Å². The van der Waals surface area contributed by atoms with E-state index in [4.69, 9.17) is 21.0 Å². The summed E-state index contributed by atoms with van der Waals surface area (Å²) in [6.45, 7) is -0.970. The molecule has 3 aromatic rings. The van der Waals surface area contributed by atoms with Crippen molar-refractivity contribution in [3.8, 4) is 11.3 Å². The zero-order chi connectivity index (χ0) is 17.6. The van der Waals surface area contributed by atoms with E-state index in [2.05, 4.69) is 0 Å². The largest absolute Gasteiger partial charge is 0.453 e. The summed E-state index contributed by atoms with van der Waals surface area (Å²) >= 11 is 0. The Balaban J connectivity index is 2.38. The van der Waals surface area contributed by atoms with Crippen LogP contribution >= 0.6 is 0 Å². The second kappa shape index (κ2) is 5.57. The minimum absolute atomic E-state index is 0.109. The Kier molecular flexibility index (Phi) is 3.69. The van der Waals surface area contributed by atoms with Gasteiger partial charge in [-0.2, -0.15) is 0 Å². The molecule has 1 heterocycles. The molecule has 0 spiro atoms. The maximum absolute atomic E-state index is 14.3. The molecule has 0 aliphatic rings. The summed E-state index contributed by atoms with van der Waals surface area (Å²) in [5.41, 5.74) is 8.14. The first-order valence-electron chi connectivity index (χ1n) is 6.74. The molecular formula is C16H11F3N2O3. The van der Waals surface area contributed by atoms with Gasteiger partial charge in [-0.25, -0.2) is 13.2 Å². The van der Waals surface area contributed by atoms with Crippen molar-refractivity contribution >= 4 is 22.3 Å². The topological polar surface area (TPSA) is 102 Å². The zero-order valence-corrected chi connectivity index (χ0v) is 12.1. The lowest BCUT2D eigenvalue weighted by Gasteiger charge is -2.10. The molecule has 124 valence electrons. The van der Waals surface area contributed by atoms with Crippen LogP contribution in [0.2, 0.25) is 0 Å². The minimum Gasteiger partial charge on any atom is -0.453 e. The first-order valence-corrected chi connectivity index (χ1v) is 6.74. The molecule has 24 heavy (non-hydrogen) atoms. The summed E-state index contributed by atoms with van der Waals surface area (Å²) in [6, 6.07) is 4.59. The fraction of sp³-hybridized carbons (Fsp3) is 0.0625. The lowest BCUT2D eigenvalue weighted by Crippen LogP contribution is -2.10. The summed E-state index contributed by atoms with van der Waals surface area (Å²) in [4.78, 5) is 12.2. The van der Waals surface area contributed by atoms with Crippen LogP contribution in [-0.4, -0.2) is 5.11 Å². The molecule has 0 radical (unpaired) electrons. The second-order valence-corrected chi connectivity index (χ2v) is 5.09. The van der Waals surface area contributed by atoms with Crippen molar-refractivity contribution in [1.82, 2.24) is 0 Å². The number of nitrogens with two attached hydrogens (primary N) is 2. The number of rotatable bonds is 2. The van der Waals surface area contributed by atoms with E-state index in [9.17, 15) is 18.0 Å². The van der Waals surface area contributed by atoms with Crippen molar-refractivity contribution in [3.63, 3.8) is 0 Å². The Hall–Kier alpha value is -3.00. The van der Waals surface area contributed by atoms with Crippen LogP contribution in [-0.2, 0) is 6.61 Å². The molecule has 2 aromatic carbocycles. The van der Waals surface area contributed by atoms with Crippen molar-refractivity contribution in [1.29, 1.82) is 0 Å². The van der Waals surface area contributed by atoms with Crippen LogP contribution < -0.4 is 16.9 Å². The zero-order valence-electron chi connectivity index (χ0n) is 12.1.